The Bertz CT molecular complexity index is 1240. The van der Waals surface area contributed by atoms with E-state index in [2.05, 4.69) is 5.32 Å². The summed E-state index contributed by atoms with van der Waals surface area (Å²) in [7, 11) is 5.53. The summed E-state index contributed by atoms with van der Waals surface area (Å²) >= 11 is 1.44. The molecule has 4 rings (SSSR count). The molecule has 0 saturated heterocycles. The second-order valence-corrected chi connectivity index (χ2v) is 9.65. The van der Waals surface area contributed by atoms with Crippen LogP contribution in [0.1, 0.15) is 30.5 Å². The molecule has 0 fully saturated rings. The average Bonchev–Trinajstić information content (AvgIpc) is 3.30. The van der Waals surface area contributed by atoms with Crippen molar-refractivity contribution in [2.45, 2.75) is 19.4 Å². The number of rotatable bonds is 10. The Labute approximate surface area is 222 Å². The highest BCUT2D eigenvalue weighted by atomic mass is 32.2. The van der Waals surface area contributed by atoms with Crippen molar-refractivity contribution in [1.82, 2.24) is 15.1 Å². The van der Waals surface area contributed by atoms with Crippen LogP contribution in [0.4, 0.5) is 0 Å². The maximum atomic E-state index is 13.6. The molecule has 2 heterocycles. The third-order valence-electron chi connectivity index (χ3n) is 6.01. The van der Waals surface area contributed by atoms with Gasteiger partial charge in [0, 0.05) is 29.9 Å². The van der Waals surface area contributed by atoms with E-state index in [4.69, 9.17) is 14.5 Å². The molecule has 0 radical (unpaired) electrons. The Morgan fingerprint density at radius 3 is 2.54 bits per heavy atom. The Morgan fingerprint density at radius 2 is 1.84 bits per heavy atom. The van der Waals surface area contributed by atoms with Crippen LogP contribution in [0.5, 0.6) is 5.75 Å². The lowest BCUT2D eigenvalue weighted by Crippen LogP contribution is -2.38. The second kappa shape index (κ2) is 12.1. The van der Waals surface area contributed by atoms with Gasteiger partial charge in [-0.1, -0.05) is 60.3 Å². The molecule has 2 aromatic carbocycles. The number of benzene rings is 2. The number of nitrogens with zero attached hydrogens (tertiary/aromatic N) is 3. The summed E-state index contributed by atoms with van der Waals surface area (Å²) in [4.78, 5) is 35.3. The number of carbonyl (C=O) groups is 2. The van der Waals surface area contributed by atoms with E-state index in [1.807, 2.05) is 83.9 Å². The summed E-state index contributed by atoms with van der Waals surface area (Å²) in [6, 6.07) is 16.6. The zero-order chi connectivity index (χ0) is 26.4. The van der Waals surface area contributed by atoms with Crippen molar-refractivity contribution in [2.75, 3.05) is 40.9 Å². The largest absolute Gasteiger partial charge is 0.496 e. The predicted molar refractivity (Wildman–Crippen MR) is 147 cm³/mol. The van der Waals surface area contributed by atoms with Crippen molar-refractivity contribution in [3.05, 3.63) is 82.4 Å². The zero-order valence-electron chi connectivity index (χ0n) is 21.6. The topological polar surface area (TPSA) is 83.5 Å². The fourth-order valence-electron chi connectivity index (χ4n) is 4.32. The molecule has 194 valence electrons. The molecule has 0 saturated carbocycles. The van der Waals surface area contributed by atoms with E-state index in [9.17, 15) is 9.59 Å². The van der Waals surface area contributed by atoms with Gasteiger partial charge in [-0.3, -0.25) is 4.79 Å². The number of hydrogen-bond donors (Lipinski definition) is 1. The monoisotopic (exact) mass is 520 g/mol. The van der Waals surface area contributed by atoms with Crippen LogP contribution in [-0.2, 0) is 14.3 Å². The van der Waals surface area contributed by atoms with Gasteiger partial charge in [-0.15, -0.1) is 0 Å². The van der Waals surface area contributed by atoms with Crippen LogP contribution < -0.4 is 10.1 Å². The molecular weight excluding hydrogens is 488 g/mol. The number of hydrogen-bond acceptors (Lipinski definition) is 8. The lowest BCUT2D eigenvalue weighted by molar-refractivity contribution is -0.139. The molecular formula is C28H32N4O4S. The molecule has 2 aliphatic heterocycles. The second-order valence-electron chi connectivity index (χ2n) is 8.81. The van der Waals surface area contributed by atoms with Crippen LogP contribution >= 0.6 is 11.8 Å². The standard InChI is InChI=1S/C28H32N4O4S/c1-5-36-27(34)24-25(19-11-7-6-8-12-19)30-28-32(26(24)21-13-9-10-14-22(21)35-4)20(18-37-28)17-23(33)29-15-16-31(2)3/h6-14,18,26H,5,15-17H2,1-4H3,(H,29,33). The third kappa shape index (κ3) is 5.89. The summed E-state index contributed by atoms with van der Waals surface area (Å²) < 4.78 is 11.3. The van der Waals surface area contributed by atoms with Gasteiger partial charge in [-0.25, -0.2) is 9.79 Å². The number of ether oxygens (including phenoxy) is 2. The molecule has 1 amide bonds. The van der Waals surface area contributed by atoms with Gasteiger partial charge >= 0.3 is 5.97 Å². The number of likely N-dealkylation sites (N-methyl/N-ethyl adjacent to an activating group) is 1. The number of para-hydroxylation sites is 1. The summed E-state index contributed by atoms with van der Waals surface area (Å²) in [5.74, 6) is 0.0886. The van der Waals surface area contributed by atoms with Gasteiger partial charge in [-0.2, -0.15) is 0 Å². The number of thioether (sulfide) groups is 1. The first-order chi connectivity index (χ1) is 17.9. The minimum atomic E-state index is -0.589. The minimum absolute atomic E-state index is 0.0933. The van der Waals surface area contributed by atoms with Crippen molar-refractivity contribution < 1.29 is 19.1 Å². The van der Waals surface area contributed by atoms with Gasteiger partial charge in [0.05, 0.1) is 37.4 Å². The van der Waals surface area contributed by atoms with Gasteiger partial charge in [0.2, 0.25) is 5.91 Å². The van der Waals surface area contributed by atoms with Crippen LogP contribution in [0.15, 0.2) is 76.3 Å². The first-order valence-electron chi connectivity index (χ1n) is 12.2. The summed E-state index contributed by atoms with van der Waals surface area (Å²) in [6.07, 6.45) is 0.155. The minimum Gasteiger partial charge on any atom is -0.496 e. The van der Waals surface area contributed by atoms with Crippen LogP contribution in [0, 0.1) is 0 Å². The molecule has 37 heavy (non-hydrogen) atoms. The lowest BCUT2D eigenvalue weighted by Gasteiger charge is -2.37. The number of amidine groups is 1. The molecule has 2 aliphatic rings. The van der Waals surface area contributed by atoms with Crippen molar-refractivity contribution in [2.24, 2.45) is 4.99 Å². The van der Waals surface area contributed by atoms with E-state index in [1.165, 1.54) is 11.8 Å². The normalized spacial score (nSPS) is 16.8. The molecule has 0 aliphatic carbocycles. The first-order valence-corrected chi connectivity index (χ1v) is 13.1. The third-order valence-corrected chi connectivity index (χ3v) is 6.90. The highest BCUT2D eigenvalue weighted by molar-refractivity contribution is 8.16. The van der Waals surface area contributed by atoms with Crippen molar-refractivity contribution in [3.63, 3.8) is 0 Å². The van der Waals surface area contributed by atoms with Crippen LogP contribution in [0.25, 0.3) is 5.70 Å². The highest BCUT2D eigenvalue weighted by Crippen LogP contribution is 2.48. The van der Waals surface area contributed by atoms with Crippen LogP contribution in [0.3, 0.4) is 0 Å². The number of aliphatic imine (C=N–C) groups is 1. The van der Waals surface area contributed by atoms with Crippen molar-refractivity contribution in [1.29, 1.82) is 0 Å². The van der Waals surface area contributed by atoms with Crippen molar-refractivity contribution in [3.8, 4) is 5.75 Å². The van der Waals surface area contributed by atoms with Crippen molar-refractivity contribution >= 4 is 34.5 Å². The lowest BCUT2D eigenvalue weighted by atomic mass is 9.91. The number of carbonyl (C=O) groups excluding carboxylic acids is 2. The number of nitrogens with one attached hydrogen (secondary N) is 1. The van der Waals surface area contributed by atoms with Gasteiger partial charge in [0.1, 0.15) is 5.75 Å². The van der Waals surface area contributed by atoms with E-state index >= 15 is 0 Å². The molecule has 1 atom stereocenters. The molecule has 0 bridgehead atoms. The van der Waals surface area contributed by atoms with E-state index in [0.29, 0.717) is 28.7 Å². The molecule has 2 aromatic rings. The Morgan fingerprint density at radius 1 is 1.11 bits per heavy atom. The van der Waals surface area contributed by atoms with Gasteiger partial charge in [0.25, 0.3) is 0 Å². The summed E-state index contributed by atoms with van der Waals surface area (Å²) in [5.41, 5.74) is 3.32. The Balaban J connectivity index is 1.81. The van der Waals surface area contributed by atoms with Gasteiger partial charge in [-0.05, 0) is 32.5 Å². The smallest absolute Gasteiger partial charge is 0.338 e. The van der Waals surface area contributed by atoms with Crippen LogP contribution in [0.2, 0.25) is 0 Å². The number of fused-ring (bicyclic) bond motifs is 1. The highest BCUT2D eigenvalue weighted by Gasteiger charge is 2.43. The maximum Gasteiger partial charge on any atom is 0.338 e. The molecule has 8 nitrogen and oxygen atoms in total. The van der Waals surface area contributed by atoms with E-state index in [-0.39, 0.29) is 18.9 Å². The average molecular weight is 521 g/mol. The number of esters is 1. The van der Waals surface area contributed by atoms with Gasteiger partial charge < -0.3 is 24.6 Å². The fourth-order valence-corrected chi connectivity index (χ4v) is 5.24. The van der Waals surface area contributed by atoms with E-state index in [1.54, 1.807) is 14.0 Å². The SMILES string of the molecule is CCOC(=O)C1=C(c2ccccc2)N=C2SC=C(CC(=O)NCCN(C)C)N2C1c1ccccc1OC. The molecule has 1 unspecified atom stereocenters. The molecule has 1 N–H and O–H groups in total. The van der Waals surface area contributed by atoms with E-state index in [0.717, 1.165) is 23.4 Å². The Hall–Kier alpha value is -3.56. The quantitative estimate of drug-likeness (QED) is 0.474. The zero-order valence-corrected chi connectivity index (χ0v) is 22.4. The van der Waals surface area contributed by atoms with E-state index < -0.39 is 12.0 Å². The number of amides is 1. The fraction of sp³-hybridized carbons (Fsp3) is 0.321. The molecule has 9 heteroatoms. The number of methoxy groups -OCH3 is 1. The first kappa shape index (κ1) is 26.5. The molecule has 0 spiro atoms. The van der Waals surface area contributed by atoms with Crippen LogP contribution in [-0.4, -0.2) is 67.7 Å². The summed E-state index contributed by atoms with van der Waals surface area (Å²) in [5, 5.41) is 5.60. The Kier molecular flexibility index (Phi) is 8.68. The predicted octanol–water partition coefficient (Wildman–Crippen LogP) is 4.04. The maximum absolute atomic E-state index is 13.6. The molecule has 0 aromatic heterocycles. The summed E-state index contributed by atoms with van der Waals surface area (Å²) in [6.45, 7) is 3.31. The van der Waals surface area contributed by atoms with Gasteiger partial charge in [0.15, 0.2) is 5.17 Å².